The van der Waals surface area contributed by atoms with Crippen molar-refractivity contribution in [3.05, 3.63) is 70.7 Å². The van der Waals surface area contributed by atoms with Crippen molar-refractivity contribution in [1.29, 1.82) is 0 Å². The second-order valence-corrected chi connectivity index (χ2v) is 6.40. The van der Waals surface area contributed by atoms with E-state index in [0.717, 1.165) is 6.42 Å². The van der Waals surface area contributed by atoms with Crippen LogP contribution in [0.25, 0.3) is 0 Å². The molecular weight excluding hydrogens is 310 g/mol. The molecule has 2 unspecified atom stereocenters. The van der Waals surface area contributed by atoms with E-state index in [1.54, 1.807) is 12.1 Å². The fourth-order valence-electron chi connectivity index (χ4n) is 2.89. The zero-order chi connectivity index (χ0) is 16.2. The Morgan fingerprint density at radius 3 is 2.74 bits per heavy atom. The Labute approximate surface area is 141 Å². The topological polar surface area (TPSA) is 29.5 Å². The zero-order valence-corrected chi connectivity index (χ0v) is 13.9. The van der Waals surface area contributed by atoms with Gasteiger partial charge in [0.1, 0.15) is 0 Å². The van der Waals surface area contributed by atoms with Crippen LogP contribution >= 0.6 is 11.6 Å². The Morgan fingerprint density at radius 1 is 1.22 bits per heavy atom. The molecule has 0 radical (unpaired) electrons. The van der Waals surface area contributed by atoms with Crippen molar-refractivity contribution in [2.45, 2.75) is 25.5 Å². The molecule has 2 aromatic carbocycles. The van der Waals surface area contributed by atoms with Gasteiger partial charge in [0.15, 0.2) is 0 Å². The molecule has 1 heterocycles. The van der Waals surface area contributed by atoms with Crippen LogP contribution < -0.4 is 0 Å². The molecule has 2 aromatic rings. The van der Waals surface area contributed by atoms with Gasteiger partial charge in [-0.15, -0.1) is 0 Å². The number of carbonyl (C=O) groups is 1. The number of benzene rings is 2. The lowest BCUT2D eigenvalue weighted by Gasteiger charge is -2.38. The van der Waals surface area contributed by atoms with Crippen LogP contribution in [0.5, 0.6) is 0 Å². The quantitative estimate of drug-likeness (QED) is 0.857. The molecule has 2 atom stereocenters. The Bertz CT molecular complexity index is 674. The van der Waals surface area contributed by atoms with Crippen molar-refractivity contribution >= 4 is 17.5 Å². The first-order valence-electron chi connectivity index (χ1n) is 7.85. The number of nitrogens with zero attached hydrogens (tertiary/aromatic N) is 1. The van der Waals surface area contributed by atoms with Crippen LogP contribution in [0.1, 0.15) is 22.8 Å². The minimum Gasteiger partial charge on any atom is -0.374 e. The minimum atomic E-state index is 0.0151. The van der Waals surface area contributed by atoms with Gasteiger partial charge < -0.3 is 9.64 Å². The molecule has 0 saturated carbocycles. The van der Waals surface area contributed by atoms with Gasteiger partial charge in [-0.3, -0.25) is 4.79 Å². The highest BCUT2D eigenvalue weighted by molar-refractivity contribution is 6.30. The first-order valence-corrected chi connectivity index (χ1v) is 8.23. The molecule has 0 bridgehead atoms. The number of ether oxygens (including phenoxy) is 1. The molecule has 1 aliphatic rings. The van der Waals surface area contributed by atoms with Crippen molar-refractivity contribution in [2.75, 3.05) is 13.2 Å². The highest BCUT2D eigenvalue weighted by Crippen LogP contribution is 2.20. The van der Waals surface area contributed by atoms with E-state index in [2.05, 4.69) is 12.1 Å². The van der Waals surface area contributed by atoms with Gasteiger partial charge in [-0.2, -0.15) is 0 Å². The number of halogens is 1. The number of morpholine rings is 1. The summed E-state index contributed by atoms with van der Waals surface area (Å²) in [5.41, 5.74) is 1.85. The predicted molar refractivity (Wildman–Crippen MR) is 91.8 cm³/mol. The standard InChI is InChI=1S/C19H20ClNO2/c1-14-13-23-18(10-15-6-3-2-4-7-15)12-21(14)19(22)16-8-5-9-17(20)11-16/h2-9,11,14,18H,10,12-13H2,1H3. The molecule has 0 spiro atoms. The van der Waals surface area contributed by atoms with Crippen LogP contribution in [-0.4, -0.2) is 36.1 Å². The number of carbonyl (C=O) groups excluding carboxylic acids is 1. The summed E-state index contributed by atoms with van der Waals surface area (Å²) in [7, 11) is 0. The summed E-state index contributed by atoms with van der Waals surface area (Å²) in [5, 5.41) is 0.581. The van der Waals surface area contributed by atoms with E-state index in [1.165, 1.54) is 5.56 Å². The summed E-state index contributed by atoms with van der Waals surface area (Å²) in [4.78, 5) is 14.7. The van der Waals surface area contributed by atoms with Gasteiger partial charge in [0.2, 0.25) is 0 Å². The summed E-state index contributed by atoms with van der Waals surface area (Å²) in [5.74, 6) is 0.0151. The third-order valence-electron chi connectivity index (χ3n) is 4.14. The molecule has 1 amide bonds. The smallest absolute Gasteiger partial charge is 0.254 e. The third kappa shape index (κ3) is 3.92. The first-order chi connectivity index (χ1) is 11.1. The van der Waals surface area contributed by atoms with Gasteiger partial charge in [0, 0.05) is 23.6 Å². The van der Waals surface area contributed by atoms with Gasteiger partial charge in [0.25, 0.3) is 5.91 Å². The maximum Gasteiger partial charge on any atom is 0.254 e. The van der Waals surface area contributed by atoms with Crippen LogP contribution in [0.2, 0.25) is 5.02 Å². The van der Waals surface area contributed by atoms with E-state index < -0.39 is 0 Å². The van der Waals surface area contributed by atoms with E-state index in [9.17, 15) is 4.79 Å². The first kappa shape index (κ1) is 16.0. The normalized spacial score (nSPS) is 21.2. The van der Waals surface area contributed by atoms with Gasteiger partial charge in [-0.25, -0.2) is 0 Å². The van der Waals surface area contributed by atoms with Crippen molar-refractivity contribution < 1.29 is 9.53 Å². The van der Waals surface area contributed by atoms with E-state index in [1.807, 2.05) is 42.2 Å². The number of hydrogen-bond acceptors (Lipinski definition) is 2. The van der Waals surface area contributed by atoms with Crippen LogP contribution in [0.3, 0.4) is 0 Å². The molecule has 1 aliphatic heterocycles. The van der Waals surface area contributed by atoms with Crippen molar-refractivity contribution in [2.24, 2.45) is 0 Å². The lowest BCUT2D eigenvalue weighted by atomic mass is 10.0. The van der Waals surface area contributed by atoms with Crippen LogP contribution in [0.4, 0.5) is 0 Å². The molecule has 1 saturated heterocycles. The molecule has 120 valence electrons. The van der Waals surface area contributed by atoms with E-state index in [0.29, 0.717) is 23.7 Å². The average Bonchev–Trinajstić information content (AvgIpc) is 2.57. The second-order valence-electron chi connectivity index (χ2n) is 5.96. The summed E-state index contributed by atoms with van der Waals surface area (Å²) in [6.07, 6.45) is 0.837. The summed E-state index contributed by atoms with van der Waals surface area (Å²) < 4.78 is 5.91. The molecule has 23 heavy (non-hydrogen) atoms. The SMILES string of the molecule is CC1COC(Cc2ccccc2)CN1C(=O)c1cccc(Cl)c1. The molecule has 4 heteroatoms. The third-order valence-corrected chi connectivity index (χ3v) is 4.38. The Morgan fingerprint density at radius 2 is 2.00 bits per heavy atom. The fraction of sp³-hybridized carbons (Fsp3) is 0.316. The van der Waals surface area contributed by atoms with Crippen LogP contribution in [-0.2, 0) is 11.2 Å². The lowest BCUT2D eigenvalue weighted by molar-refractivity contribution is -0.0463. The maximum atomic E-state index is 12.8. The molecule has 1 fully saturated rings. The second kappa shape index (κ2) is 7.16. The van der Waals surface area contributed by atoms with Gasteiger partial charge in [-0.1, -0.05) is 48.0 Å². The monoisotopic (exact) mass is 329 g/mol. The summed E-state index contributed by atoms with van der Waals surface area (Å²) in [6, 6.07) is 17.4. The van der Waals surface area contributed by atoms with Crippen molar-refractivity contribution in [1.82, 2.24) is 4.90 Å². The predicted octanol–water partition coefficient (Wildman–Crippen LogP) is 3.81. The molecule has 3 rings (SSSR count). The average molecular weight is 330 g/mol. The Balaban J connectivity index is 1.72. The number of rotatable bonds is 3. The largest absolute Gasteiger partial charge is 0.374 e. The zero-order valence-electron chi connectivity index (χ0n) is 13.1. The van der Waals surface area contributed by atoms with Crippen molar-refractivity contribution in [3.63, 3.8) is 0 Å². The number of amides is 1. The maximum absolute atomic E-state index is 12.8. The molecule has 3 nitrogen and oxygen atoms in total. The van der Waals surface area contributed by atoms with E-state index >= 15 is 0 Å². The van der Waals surface area contributed by atoms with Gasteiger partial charge >= 0.3 is 0 Å². The molecular formula is C19H20ClNO2. The Hall–Kier alpha value is -1.84. The number of hydrogen-bond donors (Lipinski definition) is 0. The van der Waals surface area contributed by atoms with Crippen LogP contribution in [0, 0.1) is 0 Å². The summed E-state index contributed by atoms with van der Waals surface area (Å²) >= 11 is 6.00. The Kier molecular flexibility index (Phi) is 4.99. The van der Waals surface area contributed by atoms with Crippen LogP contribution in [0.15, 0.2) is 54.6 Å². The fourth-order valence-corrected chi connectivity index (χ4v) is 3.08. The molecule has 0 aromatic heterocycles. The van der Waals surface area contributed by atoms with Gasteiger partial charge in [-0.05, 0) is 30.7 Å². The van der Waals surface area contributed by atoms with E-state index in [4.69, 9.17) is 16.3 Å². The summed E-state index contributed by atoms with van der Waals surface area (Å²) in [6.45, 7) is 3.17. The van der Waals surface area contributed by atoms with Crippen molar-refractivity contribution in [3.8, 4) is 0 Å². The molecule has 0 aliphatic carbocycles. The lowest BCUT2D eigenvalue weighted by Crippen LogP contribution is -2.51. The minimum absolute atomic E-state index is 0.0151. The van der Waals surface area contributed by atoms with E-state index in [-0.39, 0.29) is 18.1 Å². The highest BCUT2D eigenvalue weighted by atomic mass is 35.5. The highest BCUT2D eigenvalue weighted by Gasteiger charge is 2.30. The molecule has 0 N–H and O–H groups in total. The van der Waals surface area contributed by atoms with Gasteiger partial charge in [0.05, 0.1) is 18.8 Å².